The zero-order valence-corrected chi connectivity index (χ0v) is 20.6. The van der Waals surface area contributed by atoms with Gasteiger partial charge < -0.3 is 24.6 Å². The van der Waals surface area contributed by atoms with Crippen LogP contribution in [0, 0.1) is 23.7 Å². The molecule has 9 nitrogen and oxygen atoms in total. The van der Waals surface area contributed by atoms with E-state index in [4.69, 9.17) is 9.47 Å². The summed E-state index contributed by atoms with van der Waals surface area (Å²) in [6.07, 6.45) is 0. The molecule has 38 heavy (non-hydrogen) atoms. The Bertz CT molecular complexity index is 1290. The molecule has 0 unspecified atom stereocenters. The van der Waals surface area contributed by atoms with Gasteiger partial charge in [-0.05, 0) is 35.4 Å². The van der Waals surface area contributed by atoms with Gasteiger partial charge in [0.2, 0.25) is 5.91 Å². The summed E-state index contributed by atoms with van der Waals surface area (Å²) >= 11 is 0. The highest BCUT2D eigenvalue weighted by molar-refractivity contribution is 5.98. The van der Waals surface area contributed by atoms with Crippen molar-refractivity contribution in [1.82, 2.24) is 4.90 Å². The van der Waals surface area contributed by atoms with E-state index in [1.54, 1.807) is 24.3 Å². The molecule has 0 saturated heterocycles. The van der Waals surface area contributed by atoms with Crippen molar-refractivity contribution in [3.05, 3.63) is 96.1 Å². The summed E-state index contributed by atoms with van der Waals surface area (Å²) < 4.78 is 10.6. The highest BCUT2D eigenvalue weighted by atomic mass is 16.5. The lowest BCUT2D eigenvalue weighted by atomic mass is 9.55. The first-order valence-corrected chi connectivity index (χ1v) is 12.0. The predicted octanol–water partition coefficient (Wildman–Crippen LogP) is 3.83. The van der Waals surface area contributed by atoms with Gasteiger partial charge >= 0.3 is 17.9 Å². The largest absolute Gasteiger partial charge is 0.481 e. The molecule has 2 N–H and O–H groups in total. The van der Waals surface area contributed by atoms with Crippen LogP contribution in [0.3, 0.4) is 0 Å². The van der Waals surface area contributed by atoms with E-state index < -0.39 is 47.5 Å². The molecule has 1 fully saturated rings. The number of methoxy groups -OCH3 is 1. The maximum absolute atomic E-state index is 13.8. The van der Waals surface area contributed by atoms with E-state index in [9.17, 15) is 29.4 Å². The molecule has 9 heteroatoms. The number of nitrogens with zero attached hydrogens (tertiary/aromatic N) is 1. The smallest absolute Gasteiger partial charge is 0.310 e. The summed E-state index contributed by atoms with van der Waals surface area (Å²) in [6.45, 7) is 0.240. The second kappa shape index (κ2) is 11.6. The number of aliphatic carboxylic acids is 2. The molecule has 3 aromatic carbocycles. The van der Waals surface area contributed by atoms with Gasteiger partial charge in [0.05, 0.1) is 30.8 Å². The number of hydrogen-bond acceptors (Lipinski definition) is 6. The third-order valence-corrected chi connectivity index (χ3v) is 6.68. The Labute approximate surface area is 219 Å². The minimum Gasteiger partial charge on any atom is -0.481 e. The summed E-state index contributed by atoms with van der Waals surface area (Å²) in [5.41, 5.74) is 1.53. The van der Waals surface area contributed by atoms with E-state index in [0.29, 0.717) is 11.5 Å². The fraction of sp³-hybridized carbons (Fsp3) is 0.241. The van der Waals surface area contributed by atoms with Crippen molar-refractivity contribution in [1.29, 1.82) is 0 Å². The molecule has 0 aromatic heterocycles. The number of hydrogen-bond donors (Lipinski definition) is 2. The van der Waals surface area contributed by atoms with E-state index in [2.05, 4.69) is 0 Å². The van der Waals surface area contributed by atoms with Crippen LogP contribution >= 0.6 is 0 Å². The number of rotatable bonds is 10. The Morgan fingerprint density at radius 2 is 1.13 bits per heavy atom. The van der Waals surface area contributed by atoms with Gasteiger partial charge in [0, 0.05) is 13.1 Å². The number of para-hydroxylation sites is 1. The molecular weight excluding hydrogens is 490 g/mol. The van der Waals surface area contributed by atoms with Crippen molar-refractivity contribution < 1.29 is 38.9 Å². The Morgan fingerprint density at radius 3 is 1.66 bits per heavy atom. The van der Waals surface area contributed by atoms with Crippen LogP contribution in [-0.2, 0) is 37.0 Å². The van der Waals surface area contributed by atoms with Gasteiger partial charge in [0.25, 0.3) is 0 Å². The lowest BCUT2D eigenvalue weighted by Gasteiger charge is -2.46. The van der Waals surface area contributed by atoms with E-state index in [1.807, 2.05) is 60.7 Å². The summed E-state index contributed by atoms with van der Waals surface area (Å²) in [5, 5.41) is 19.4. The number of carboxylic acid groups (broad SMARTS) is 2. The fourth-order valence-electron chi connectivity index (χ4n) is 4.83. The van der Waals surface area contributed by atoms with Crippen LogP contribution in [-0.4, -0.2) is 46.0 Å². The van der Waals surface area contributed by atoms with Crippen LogP contribution in [0.1, 0.15) is 11.1 Å². The zero-order valence-electron chi connectivity index (χ0n) is 20.6. The molecule has 4 atom stereocenters. The van der Waals surface area contributed by atoms with Crippen LogP contribution in [0.15, 0.2) is 84.9 Å². The standard InChI is InChI=1S/C29H27NO8/c1-37-29(36)25-22(23(27(32)33)24(25)28(34)35)26(31)30(16-18-8-4-2-5-9-18)17-19-12-14-21(15-13-19)38-20-10-6-3-7-11-20/h2-15,22-25H,16-17H2,1H3,(H,32,33)(H,34,35)/t22-,23+,24-,25+/m0/s1. The van der Waals surface area contributed by atoms with Crippen molar-refractivity contribution in [2.24, 2.45) is 23.7 Å². The summed E-state index contributed by atoms with van der Waals surface area (Å²) in [6, 6.07) is 25.5. The van der Waals surface area contributed by atoms with Crippen molar-refractivity contribution in [3.63, 3.8) is 0 Å². The van der Waals surface area contributed by atoms with Crippen LogP contribution in [0.2, 0.25) is 0 Å². The van der Waals surface area contributed by atoms with E-state index >= 15 is 0 Å². The molecule has 0 aliphatic heterocycles. The molecule has 1 amide bonds. The van der Waals surface area contributed by atoms with Crippen LogP contribution in [0.4, 0.5) is 0 Å². The number of amides is 1. The monoisotopic (exact) mass is 517 g/mol. The quantitative estimate of drug-likeness (QED) is 0.388. The third-order valence-electron chi connectivity index (χ3n) is 6.68. The van der Waals surface area contributed by atoms with Gasteiger partial charge in [-0.25, -0.2) is 0 Å². The van der Waals surface area contributed by atoms with Crippen molar-refractivity contribution >= 4 is 23.8 Å². The van der Waals surface area contributed by atoms with Crippen molar-refractivity contribution in [3.8, 4) is 11.5 Å². The minimum atomic E-state index is -1.55. The zero-order chi connectivity index (χ0) is 27.2. The topological polar surface area (TPSA) is 130 Å². The number of carbonyl (C=O) groups excluding carboxylic acids is 2. The van der Waals surface area contributed by atoms with Crippen LogP contribution in [0.25, 0.3) is 0 Å². The maximum Gasteiger partial charge on any atom is 0.310 e. The molecule has 1 aliphatic rings. The highest BCUT2D eigenvalue weighted by Gasteiger charge is 2.64. The molecule has 0 heterocycles. The Kier molecular flexibility index (Phi) is 8.06. The molecule has 0 spiro atoms. The molecular formula is C29H27NO8. The van der Waals surface area contributed by atoms with Crippen LogP contribution < -0.4 is 4.74 Å². The maximum atomic E-state index is 13.8. The summed E-state index contributed by atoms with van der Waals surface area (Å²) in [4.78, 5) is 51.5. The second-order valence-corrected chi connectivity index (χ2v) is 9.04. The molecule has 3 aromatic rings. The highest BCUT2D eigenvalue weighted by Crippen LogP contribution is 2.48. The number of carbonyl (C=O) groups is 4. The predicted molar refractivity (Wildman–Crippen MR) is 135 cm³/mol. The van der Waals surface area contributed by atoms with Gasteiger partial charge in [-0.15, -0.1) is 0 Å². The van der Waals surface area contributed by atoms with Crippen LogP contribution in [0.5, 0.6) is 11.5 Å². The van der Waals surface area contributed by atoms with E-state index in [0.717, 1.165) is 18.2 Å². The molecule has 0 radical (unpaired) electrons. The Morgan fingerprint density at radius 1 is 0.658 bits per heavy atom. The average Bonchev–Trinajstić information content (AvgIpc) is 2.89. The molecule has 1 aliphatic carbocycles. The molecule has 1 saturated carbocycles. The Balaban J connectivity index is 1.61. The normalized spacial score (nSPS) is 20.0. The van der Waals surface area contributed by atoms with Crippen molar-refractivity contribution in [2.45, 2.75) is 13.1 Å². The number of benzene rings is 3. The molecule has 4 rings (SSSR count). The first-order valence-electron chi connectivity index (χ1n) is 12.0. The third kappa shape index (κ3) is 5.67. The summed E-state index contributed by atoms with van der Waals surface area (Å²) in [5.74, 6) is -9.05. The first kappa shape index (κ1) is 26.4. The minimum absolute atomic E-state index is 0.105. The molecule has 0 bridgehead atoms. The number of esters is 1. The fourth-order valence-corrected chi connectivity index (χ4v) is 4.83. The average molecular weight is 518 g/mol. The number of carboxylic acids is 2. The Hall–Kier alpha value is -4.66. The lowest BCUT2D eigenvalue weighted by molar-refractivity contribution is -0.191. The second-order valence-electron chi connectivity index (χ2n) is 9.04. The lowest BCUT2D eigenvalue weighted by Crippen LogP contribution is -2.62. The van der Waals surface area contributed by atoms with Gasteiger partial charge in [-0.3, -0.25) is 19.2 Å². The van der Waals surface area contributed by atoms with Gasteiger partial charge in [-0.1, -0.05) is 60.7 Å². The number of ether oxygens (including phenoxy) is 2. The molecule has 196 valence electrons. The van der Waals surface area contributed by atoms with E-state index in [1.165, 1.54) is 4.90 Å². The van der Waals surface area contributed by atoms with Gasteiger partial charge in [-0.2, -0.15) is 0 Å². The SMILES string of the molecule is COC(=O)[C@H]1[C@@H](C(=O)O)[C@H](C(=O)O)[C@@H]1C(=O)N(Cc1ccccc1)Cc1ccc(Oc2ccccc2)cc1. The van der Waals surface area contributed by atoms with E-state index in [-0.39, 0.29) is 13.1 Å². The van der Waals surface area contributed by atoms with Crippen molar-refractivity contribution in [2.75, 3.05) is 7.11 Å². The first-order chi connectivity index (χ1) is 18.3. The van der Waals surface area contributed by atoms with Gasteiger partial charge in [0.15, 0.2) is 0 Å². The van der Waals surface area contributed by atoms with Gasteiger partial charge in [0.1, 0.15) is 11.5 Å². The summed E-state index contributed by atoms with van der Waals surface area (Å²) in [7, 11) is 1.08.